The van der Waals surface area contributed by atoms with Crippen molar-refractivity contribution < 1.29 is 9.47 Å². The molecule has 2 aromatic rings. The summed E-state index contributed by atoms with van der Waals surface area (Å²) in [5.74, 6) is 2.95. The van der Waals surface area contributed by atoms with Gasteiger partial charge in [-0.15, -0.1) is 0 Å². The Morgan fingerprint density at radius 3 is 3.14 bits per heavy atom. The summed E-state index contributed by atoms with van der Waals surface area (Å²) in [6.07, 6.45) is 4.83. The lowest BCUT2D eigenvalue weighted by molar-refractivity contribution is 0.239. The molecule has 0 saturated carbocycles. The molecule has 0 amide bonds. The van der Waals surface area contributed by atoms with Crippen molar-refractivity contribution in [3.05, 3.63) is 35.9 Å². The first-order valence-corrected chi connectivity index (χ1v) is 7.49. The lowest BCUT2D eigenvalue weighted by Gasteiger charge is -2.26. The molecule has 112 valence electrons. The van der Waals surface area contributed by atoms with Crippen LogP contribution in [0.1, 0.15) is 37.1 Å². The zero-order valence-electron chi connectivity index (χ0n) is 12.6. The van der Waals surface area contributed by atoms with E-state index < -0.39 is 0 Å². The van der Waals surface area contributed by atoms with Gasteiger partial charge in [-0.3, -0.25) is 0 Å². The van der Waals surface area contributed by atoms with E-state index in [1.807, 2.05) is 16.8 Å². The van der Waals surface area contributed by atoms with E-state index in [9.17, 15) is 0 Å². The molecule has 21 heavy (non-hydrogen) atoms. The van der Waals surface area contributed by atoms with Crippen LogP contribution in [0, 0.1) is 0 Å². The van der Waals surface area contributed by atoms with Crippen molar-refractivity contribution in [1.82, 2.24) is 14.8 Å². The fraction of sp³-hybridized carbons (Fsp3) is 0.500. The summed E-state index contributed by atoms with van der Waals surface area (Å²) < 4.78 is 13.3. The van der Waals surface area contributed by atoms with Gasteiger partial charge < -0.3 is 9.47 Å². The Balaban J connectivity index is 1.82. The van der Waals surface area contributed by atoms with E-state index in [-0.39, 0.29) is 5.92 Å². The van der Waals surface area contributed by atoms with Gasteiger partial charge in [0.2, 0.25) is 0 Å². The van der Waals surface area contributed by atoms with Gasteiger partial charge in [0.05, 0.1) is 19.6 Å². The molecular formula is C16H21N3O2. The van der Waals surface area contributed by atoms with Crippen molar-refractivity contribution in [2.75, 3.05) is 13.7 Å². The highest BCUT2D eigenvalue weighted by atomic mass is 16.5. The average Bonchev–Trinajstić information content (AvgIpc) is 3.00. The molecule has 0 radical (unpaired) electrons. The molecule has 0 N–H and O–H groups in total. The minimum absolute atomic E-state index is 0.254. The summed E-state index contributed by atoms with van der Waals surface area (Å²) in [6, 6.07) is 6.03. The summed E-state index contributed by atoms with van der Waals surface area (Å²) in [4.78, 5) is 4.45. The van der Waals surface area contributed by atoms with E-state index >= 15 is 0 Å². The fourth-order valence-corrected chi connectivity index (χ4v) is 2.79. The van der Waals surface area contributed by atoms with Crippen LogP contribution in [0.3, 0.4) is 0 Å². The highest BCUT2D eigenvalue weighted by Gasteiger charge is 2.27. The zero-order valence-corrected chi connectivity index (χ0v) is 12.6. The van der Waals surface area contributed by atoms with E-state index in [0.717, 1.165) is 43.1 Å². The largest absolute Gasteiger partial charge is 0.493 e. The molecule has 5 nitrogen and oxygen atoms in total. The highest BCUT2D eigenvalue weighted by molar-refractivity contribution is 5.48. The molecule has 1 aliphatic heterocycles. The number of aryl methyl sites for hydroxylation is 1. The van der Waals surface area contributed by atoms with Crippen molar-refractivity contribution in [3.8, 4) is 11.5 Å². The second-order valence-electron chi connectivity index (χ2n) is 5.36. The van der Waals surface area contributed by atoms with Gasteiger partial charge in [-0.2, -0.15) is 5.10 Å². The van der Waals surface area contributed by atoms with Crippen LogP contribution in [0.15, 0.2) is 24.5 Å². The summed E-state index contributed by atoms with van der Waals surface area (Å²) in [6.45, 7) is 3.73. The second-order valence-corrected chi connectivity index (χ2v) is 5.36. The van der Waals surface area contributed by atoms with Gasteiger partial charge in [-0.25, -0.2) is 9.67 Å². The summed E-state index contributed by atoms with van der Waals surface area (Å²) in [5, 5.41) is 4.34. The Morgan fingerprint density at radius 1 is 1.43 bits per heavy atom. The normalized spacial score (nSPS) is 17.1. The third-order valence-corrected chi connectivity index (χ3v) is 3.91. The van der Waals surface area contributed by atoms with Crippen molar-refractivity contribution in [2.24, 2.45) is 0 Å². The quantitative estimate of drug-likeness (QED) is 0.848. The number of fused-ring (bicyclic) bond motifs is 1. The minimum atomic E-state index is 0.254. The minimum Gasteiger partial charge on any atom is -0.493 e. The SMILES string of the molecule is CCCCn1ncnc1[C@@H]1COc2c(cccc2OC)C1. The monoisotopic (exact) mass is 287 g/mol. The number of nitrogens with zero attached hydrogens (tertiary/aromatic N) is 3. The van der Waals surface area contributed by atoms with Gasteiger partial charge in [0.1, 0.15) is 12.2 Å². The third-order valence-electron chi connectivity index (χ3n) is 3.91. The van der Waals surface area contributed by atoms with Crippen LogP contribution < -0.4 is 9.47 Å². The molecule has 1 aromatic carbocycles. The van der Waals surface area contributed by atoms with E-state index in [4.69, 9.17) is 9.47 Å². The predicted octanol–water partition coefficient (Wildman–Crippen LogP) is 2.81. The molecule has 1 atom stereocenters. The number of ether oxygens (including phenoxy) is 2. The first kappa shape index (κ1) is 13.9. The van der Waals surface area contributed by atoms with Crippen LogP contribution >= 0.6 is 0 Å². The first-order valence-electron chi connectivity index (χ1n) is 7.49. The van der Waals surface area contributed by atoms with Crippen LogP contribution in [0.5, 0.6) is 11.5 Å². The molecule has 1 aromatic heterocycles. The molecule has 1 aliphatic rings. The van der Waals surface area contributed by atoms with Crippen molar-refractivity contribution in [1.29, 1.82) is 0 Å². The van der Waals surface area contributed by atoms with Crippen LogP contribution in [0.2, 0.25) is 0 Å². The van der Waals surface area contributed by atoms with Gasteiger partial charge in [-0.1, -0.05) is 25.5 Å². The zero-order chi connectivity index (χ0) is 14.7. The summed E-state index contributed by atoms with van der Waals surface area (Å²) >= 11 is 0. The van der Waals surface area contributed by atoms with Crippen molar-refractivity contribution >= 4 is 0 Å². The number of hydrogen-bond acceptors (Lipinski definition) is 4. The Kier molecular flexibility index (Phi) is 4.08. The van der Waals surface area contributed by atoms with Gasteiger partial charge in [0, 0.05) is 6.54 Å². The van der Waals surface area contributed by atoms with Crippen LogP contribution in [0.4, 0.5) is 0 Å². The van der Waals surface area contributed by atoms with Gasteiger partial charge in [-0.05, 0) is 24.5 Å². The number of benzene rings is 1. The number of aromatic nitrogens is 3. The Bertz CT molecular complexity index is 609. The maximum atomic E-state index is 5.94. The topological polar surface area (TPSA) is 49.2 Å². The molecule has 0 bridgehead atoms. The second kappa shape index (κ2) is 6.16. The fourth-order valence-electron chi connectivity index (χ4n) is 2.79. The molecule has 0 aliphatic carbocycles. The number of unbranched alkanes of at least 4 members (excludes halogenated alkanes) is 1. The summed E-state index contributed by atoms with van der Waals surface area (Å²) in [7, 11) is 1.67. The van der Waals surface area contributed by atoms with Crippen molar-refractivity contribution in [2.45, 2.75) is 38.6 Å². The Hall–Kier alpha value is -2.04. The van der Waals surface area contributed by atoms with Crippen molar-refractivity contribution in [3.63, 3.8) is 0 Å². The van der Waals surface area contributed by atoms with E-state index in [2.05, 4.69) is 23.1 Å². The third kappa shape index (κ3) is 2.73. The lowest BCUT2D eigenvalue weighted by atomic mass is 9.95. The van der Waals surface area contributed by atoms with Crippen LogP contribution in [-0.2, 0) is 13.0 Å². The average molecular weight is 287 g/mol. The first-order chi connectivity index (χ1) is 10.3. The highest BCUT2D eigenvalue weighted by Crippen LogP contribution is 2.38. The molecular weight excluding hydrogens is 266 g/mol. The van der Waals surface area contributed by atoms with Crippen LogP contribution in [0.25, 0.3) is 0 Å². The molecule has 2 heterocycles. The maximum absolute atomic E-state index is 5.94. The molecule has 0 fully saturated rings. The predicted molar refractivity (Wildman–Crippen MR) is 79.9 cm³/mol. The lowest BCUT2D eigenvalue weighted by Crippen LogP contribution is -2.23. The van der Waals surface area contributed by atoms with Crippen LogP contribution in [-0.4, -0.2) is 28.5 Å². The van der Waals surface area contributed by atoms with Gasteiger partial charge >= 0.3 is 0 Å². The Labute approximate surface area is 124 Å². The molecule has 5 heteroatoms. The van der Waals surface area contributed by atoms with E-state index in [1.54, 1.807) is 13.4 Å². The number of hydrogen-bond donors (Lipinski definition) is 0. The number of methoxy groups -OCH3 is 1. The number of rotatable bonds is 5. The molecule has 0 spiro atoms. The molecule has 0 saturated heterocycles. The van der Waals surface area contributed by atoms with Gasteiger partial charge in [0.15, 0.2) is 11.5 Å². The Morgan fingerprint density at radius 2 is 2.33 bits per heavy atom. The maximum Gasteiger partial charge on any atom is 0.164 e. The smallest absolute Gasteiger partial charge is 0.164 e. The number of para-hydroxylation sites is 1. The van der Waals surface area contributed by atoms with Gasteiger partial charge in [0.25, 0.3) is 0 Å². The molecule has 0 unspecified atom stereocenters. The summed E-state index contributed by atoms with van der Waals surface area (Å²) in [5.41, 5.74) is 1.18. The van der Waals surface area contributed by atoms with E-state index in [1.165, 1.54) is 5.56 Å². The molecule has 3 rings (SSSR count). The van der Waals surface area contributed by atoms with E-state index in [0.29, 0.717) is 6.61 Å². The standard InChI is InChI=1S/C16H21N3O2/c1-3-4-8-19-16(17-11-18-19)13-9-12-6-5-7-14(20-2)15(12)21-10-13/h5-7,11,13H,3-4,8-10H2,1-2H3/t13-/m0/s1.